The molecule has 136 valence electrons. The van der Waals surface area contributed by atoms with Crippen LogP contribution in [-0.4, -0.2) is 47.3 Å². The summed E-state index contributed by atoms with van der Waals surface area (Å²) >= 11 is 0. The summed E-state index contributed by atoms with van der Waals surface area (Å²) in [4.78, 5) is 0. The lowest BCUT2D eigenvalue weighted by Crippen LogP contribution is -2.08. The summed E-state index contributed by atoms with van der Waals surface area (Å²) in [5.41, 5.74) is 2.04. The van der Waals surface area contributed by atoms with Gasteiger partial charge >= 0.3 is 0 Å². The fourth-order valence-corrected chi connectivity index (χ4v) is 2.01. The minimum atomic E-state index is 0.513. The summed E-state index contributed by atoms with van der Waals surface area (Å²) in [5.74, 6) is 1.42. The van der Waals surface area contributed by atoms with Crippen molar-refractivity contribution in [3.05, 3.63) is 30.0 Å². The van der Waals surface area contributed by atoms with Crippen molar-refractivity contribution in [2.75, 3.05) is 47.3 Å². The Labute approximate surface area is 145 Å². The highest BCUT2D eigenvalue weighted by Gasteiger charge is 2.05. The first-order valence-corrected chi connectivity index (χ1v) is 8.39. The van der Waals surface area contributed by atoms with E-state index in [1.165, 1.54) is 0 Å². The predicted molar refractivity (Wildman–Crippen MR) is 95.7 cm³/mol. The molecule has 0 atom stereocenters. The van der Waals surface area contributed by atoms with Crippen molar-refractivity contribution in [1.82, 2.24) is 0 Å². The Morgan fingerprint density at radius 1 is 0.917 bits per heavy atom. The maximum atomic E-state index is 5.53. The predicted octanol–water partition coefficient (Wildman–Crippen LogP) is 3.91. The van der Waals surface area contributed by atoms with Gasteiger partial charge in [0.2, 0.25) is 0 Å². The molecule has 0 amide bonds. The summed E-state index contributed by atoms with van der Waals surface area (Å²) in [7, 11) is 3.25. The molecule has 0 aliphatic heterocycles. The molecule has 0 N–H and O–H groups in total. The molecule has 0 saturated heterocycles. The number of unbranched alkanes of at least 4 members (excludes halogenated alkanes) is 1. The van der Waals surface area contributed by atoms with E-state index in [2.05, 4.69) is 6.92 Å². The van der Waals surface area contributed by atoms with Gasteiger partial charge in [0.25, 0.3) is 0 Å². The first-order chi connectivity index (χ1) is 11.7. The van der Waals surface area contributed by atoms with E-state index in [1.807, 2.05) is 25.1 Å². The fraction of sp³-hybridized carbons (Fsp3) is 0.579. The van der Waals surface area contributed by atoms with Crippen LogP contribution in [0.5, 0.6) is 11.5 Å². The molecule has 24 heavy (non-hydrogen) atoms. The molecule has 0 heterocycles. The molecule has 0 fully saturated rings. The molecule has 0 saturated carbocycles. The van der Waals surface area contributed by atoms with Crippen molar-refractivity contribution in [3.8, 4) is 11.5 Å². The Morgan fingerprint density at radius 2 is 1.58 bits per heavy atom. The number of methoxy groups -OCH3 is 2. The largest absolute Gasteiger partial charge is 0.498 e. The fourth-order valence-electron chi connectivity index (χ4n) is 2.01. The normalized spacial score (nSPS) is 11.4. The second-order valence-electron chi connectivity index (χ2n) is 5.32. The molecule has 5 nitrogen and oxygen atoms in total. The van der Waals surface area contributed by atoms with Crippen molar-refractivity contribution in [3.63, 3.8) is 0 Å². The Bertz CT molecular complexity index is 485. The SMILES string of the molecule is CCCCOCCOCCO/C=C(\C)c1ccc(OC)c(OC)c1. The van der Waals surface area contributed by atoms with Gasteiger partial charge in [0, 0.05) is 6.61 Å². The molecule has 0 aromatic heterocycles. The molecule has 5 heteroatoms. The first-order valence-electron chi connectivity index (χ1n) is 8.39. The Hall–Kier alpha value is -1.72. The van der Waals surface area contributed by atoms with E-state index in [-0.39, 0.29) is 0 Å². The number of benzene rings is 1. The van der Waals surface area contributed by atoms with Crippen LogP contribution in [0, 0.1) is 0 Å². The highest BCUT2D eigenvalue weighted by atomic mass is 16.5. The zero-order chi connectivity index (χ0) is 17.6. The lowest BCUT2D eigenvalue weighted by molar-refractivity contribution is 0.0300. The summed E-state index contributed by atoms with van der Waals surface area (Å²) in [6.07, 6.45) is 3.99. The Morgan fingerprint density at radius 3 is 2.25 bits per heavy atom. The zero-order valence-corrected chi connectivity index (χ0v) is 15.3. The average Bonchev–Trinajstić information content (AvgIpc) is 2.62. The standard InChI is InChI=1S/C19H30O5/c1-5-6-9-22-10-11-23-12-13-24-15-16(2)17-7-8-18(20-3)19(14-17)21-4/h7-8,14-15H,5-6,9-13H2,1-4H3/b16-15+. The highest BCUT2D eigenvalue weighted by molar-refractivity contribution is 5.65. The quantitative estimate of drug-likeness (QED) is 0.403. The smallest absolute Gasteiger partial charge is 0.161 e. The highest BCUT2D eigenvalue weighted by Crippen LogP contribution is 2.30. The maximum absolute atomic E-state index is 5.53. The van der Waals surface area contributed by atoms with Crippen LogP contribution < -0.4 is 9.47 Å². The molecule has 0 bridgehead atoms. The van der Waals surface area contributed by atoms with Gasteiger partial charge in [-0.15, -0.1) is 0 Å². The molecular formula is C19H30O5. The van der Waals surface area contributed by atoms with E-state index in [0.29, 0.717) is 37.9 Å². The molecule has 1 rings (SSSR count). The van der Waals surface area contributed by atoms with Crippen LogP contribution in [0.25, 0.3) is 5.57 Å². The summed E-state index contributed by atoms with van der Waals surface area (Å²) in [5, 5.41) is 0. The van der Waals surface area contributed by atoms with E-state index in [1.54, 1.807) is 20.5 Å². The second kappa shape index (κ2) is 12.7. The van der Waals surface area contributed by atoms with Crippen LogP contribution >= 0.6 is 0 Å². The molecule has 0 spiro atoms. The molecular weight excluding hydrogens is 308 g/mol. The molecule has 0 aliphatic rings. The van der Waals surface area contributed by atoms with E-state index in [9.17, 15) is 0 Å². The van der Waals surface area contributed by atoms with Crippen LogP contribution in [0.2, 0.25) is 0 Å². The molecule has 1 aromatic carbocycles. The monoisotopic (exact) mass is 338 g/mol. The number of hydrogen-bond acceptors (Lipinski definition) is 5. The van der Waals surface area contributed by atoms with E-state index >= 15 is 0 Å². The maximum Gasteiger partial charge on any atom is 0.161 e. The number of allylic oxidation sites excluding steroid dienone is 1. The number of ether oxygens (including phenoxy) is 5. The van der Waals surface area contributed by atoms with Gasteiger partial charge in [-0.3, -0.25) is 0 Å². The van der Waals surface area contributed by atoms with Gasteiger partial charge in [-0.2, -0.15) is 0 Å². The summed E-state index contributed by atoms with van der Waals surface area (Å²) < 4.78 is 26.9. The van der Waals surface area contributed by atoms with E-state index in [4.69, 9.17) is 23.7 Å². The molecule has 0 unspecified atom stereocenters. The second-order valence-corrected chi connectivity index (χ2v) is 5.32. The molecule has 0 aliphatic carbocycles. The minimum absolute atomic E-state index is 0.513. The topological polar surface area (TPSA) is 46.2 Å². The van der Waals surface area contributed by atoms with E-state index < -0.39 is 0 Å². The van der Waals surface area contributed by atoms with Gasteiger partial charge < -0.3 is 23.7 Å². The molecule has 0 radical (unpaired) electrons. The lowest BCUT2D eigenvalue weighted by atomic mass is 10.1. The van der Waals surface area contributed by atoms with Crippen LogP contribution in [0.3, 0.4) is 0 Å². The third-order valence-electron chi connectivity index (χ3n) is 3.46. The number of hydrogen-bond donors (Lipinski definition) is 0. The Balaban J connectivity index is 2.25. The average molecular weight is 338 g/mol. The van der Waals surface area contributed by atoms with Crippen LogP contribution in [0.1, 0.15) is 32.3 Å². The Kier molecular flexibility index (Phi) is 10.7. The molecule has 1 aromatic rings. The van der Waals surface area contributed by atoms with Crippen molar-refractivity contribution in [2.45, 2.75) is 26.7 Å². The van der Waals surface area contributed by atoms with Crippen molar-refractivity contribution < 1.29 is 23.7 Å². The summed E-state index contributed by atoms with van der Waals surface area (Å²) in [6.45, 7) is 7.25. The van der Waals surface area contributed by atoms with Gasteiger partial charge in [-0.25, -0.2) is 0 Å². The third-order valence-corrected chi connectivity index (χ3v) is 3.46. The lowest BCUT2D eigenvalue weighted by Gasteiger charge is -2.10. The minimum Gasteiger partial charge on any atom is -0.498 e. The summed E-state index contributed by atoms with van der Waals surface area (Å²) in [6, 6.07) is 5.78. The van der Waals surface area contributed by atoms with E-state index in [0.717, 1.165) is 30.6 Å². The zero-order valence-electron chi connectivity index (χ0n) is 15.3. The van der Waals surface area contributed by atoms with Crippen LogP contribution in [0.15, 0.2) is 24.5 Å². The van der Waals surface area contributed by atoms with Crippen molar-refractivity contribution >= 4 is 5.57 Å². The van der Waals surface area contributed by atoms with Crippen LogP contribution in [-0.2, 0) is 14.2 Å². The third kappa shape index (κ3) is 7.70. The van der Waals surface area contributed by atoms with Crippen molar-refractivity contribution in [2.24, 2.45) is 0 Å². The number of rotatable bonds is 13. The van der Waals surface area contributed by atoms with Gasteiger partial charge in [0.1, 0.15) is 6.61 Å². The van der Waals surface area contributed by atoms with Gasteiger partial charge in [-0.1, -0.05) is 19.4 Å². The van der Waals surface area contributed by atoms with Gasteiger partial charge in [0.15, 0.2) is 11.5 Å². The van der Waals surface area contributed by atoms with Crippen LogP contribution in [0.4, 0.5) is 0 Å². The first kappa shape index (κ1) is 20.3. The van der Waals surface area contributed by atoms with Gasteiger partial charge in [-0.05, 0) is 36.6 Å². The van der Waals surface area contributed by atoms with Crippen molar-refractivity contribution in [1.29, 1.82) is 0 Å². The van der Waals surface area contributed by atoms with Gasteiger partial charge in [0.05, 0.1) is 40.3 Å².